The zero-order valence-corrected chi connectivity index (χ0v) is 19.7. The predicted octanol–water partition coefficient (Wildman–Crippen LogP) is 4.18. The van der Waals surface area contributed by atoms with Crippen molar-refractivity contribution in [2.45, 2.75) is 51.6 Å². The highest BCUT2D eigenvalue weighted by atomic mass is 19.3. The fourth-order valence-corrected chi connectivity index (χ4v) is 4.48. The summed E-state index contributed by atoms with van der Waals surface area (Å²) in [6, 6.07) is 8.70. The van der Waals surface area contributed by atoms with Gasteiger partial charge in [0.2, 0.25) is 0 Å². The first-order chi connectivity index (χ1) is 15.8. The SMILES string of the molecule is CCOC(=O)C(F)(F)Cc1cncc([C@@](O)(c2ccc(C(C)C)cc2)C2(C)CN(C(=O)O)C2)c1. The minimum Gasteiger partial charge on any atom is -0.465 e. The van der Waals surface area contributed by atoms with E-state index < -0.39 is 35.4 Å². The largest absolute Gasteiger partial charge is 0.465 e. The molecule has 0 unspecified atom stereocenters. The van der Waals surface area contributed by atoms with Crippen molar-refractivity contribution in [3.05, 3.63) is 65.0 Å². The zero-order valence-electron chi connectivity index (χ0n) is 19.7. The van der Waals surface area contributed by atoms with Crippen molar-refractivity contribution < 1.29 is 33.3 Å². The predicted molar refractivity (Wildman–Crippen MR) is 121 cm³/mol. The molecule has 1 fully saturated rings. The van der Waals surface area contributed by atoms with Crippen molar-refractivity contribution in [1.29, 1.82) is 0 Å². The minimum atomic E-state index is -3.76. The van der Waals surface area contributed by atoms with Crippen LogP contribution < -0.4 is 0 Å². The van der Waals surface area contributed by atoms with E-state index >= 15 is 0 Å². The van der Waals surface area contributed by atoms with Gasteiger partial charge in [0, 0.05) is 42.9 Å². The number of aromatic nitrogens is 1. The highest BCUT2D eigenvalue weighted by Crippen LogP contribution is 2.50. The number of carboxylic acid groups (broad SMARTS) is 1. The van der Waals surface area contributed by atoms with Gasteiger partial charge in [-0.25, -0.2) is 9.59 Å². The van der Waals surface area contributed by atoms with Gasteiger partial charge in [-0.2, -0.15) is 8.78 Å². The van der Waals surface area contributed by atoms with Crippen LogP contribution in [0.15, 0.2) is 42.7 Å². The molecule has 2 heterocycles. The Morgan fingerprint density at radius 1 is 1.18 bits per heavy atom. The van der Waals surface area contributed by atoms with E-state index in [9.17, 15) is 28.6 Å². The first-order valence-corrected chi connectivity index (χ1v) is 11.1. The maximum Gasteiger partial charge on any atom is 0.407 e. The summed E-state index contributed by atoms with van der Waals surface area (Å²) in [5, 5.41) is 21.5. The third-order valence-electron chi connectivity index (χ3n) is 6.43. The van der Waals surface area contributed by atoms with E-state index in [1.165, 1.54) is 30.3 Å². The van der Waals surface area contributed by atoms with Gasteiger partial charge in [-0.1, -0.05) is 45.0 Å². The standard InChI is InChI=1S/C25H30F2N2O5/c1-5-34-21(30)24(26,27)11-17-10-20(13-28-12-17)25(33,23(4)14-29(15-23)22(31)32)19-8-6-18(7-9-19)16(2)3/h6-10,12-13,16,33H,5,11,14-15H2,1-4H3,(H,31,32)/t25-/m0/s1. The number of benzene rings is 1. The van der Waals surface area contributed by atoms with Crippen LogP contribution >= 0.6 is 0 Å². The van der Waals surface area contributed by atoms with E-state index in [4.69, 9.17) is 0 Å². The monoisotopic (exact) mass is 476 g/mol. The highest BCUT2D eigenvalue weighted by Gasteiger charge is 2.57. The van der Waals surface area contributed by atoms with Gasteiger partial charge in [-0.15, -0.1) is 0 Å². The van der Waals surface area contributed by atoms with E-state index in [0.717, 1.165) is 5.56 Å². The molecule has 0 saturated carbocycles. The fourth-order valence-electron chi connectivity index (χ4n) is 4.48. The fraction of sp³-hybridized carbons (Fsp3) is 0.480. The summed E-state index contributed by atoms with van der Waals surface area (Å²) < 4.78 is 33.2. The quantitative estimate of drug-likeness (QED) is 0.555. The van der Waals surface area contributed by atoms with Crippen LogP contribution in [0.4, 0.5) is 13.6 Å². The average molecular weight is 477 g/mol. The number of ether oxygens (including phenoxy) is 1. The number of carbonyl (C=O) groups excluding carboxylic acids is 1. The first-order valence-electron chi connectivity index (χ1n) is 11.1. The molecule has 0 radical (unpaired) electrons. The number of hydrogen-bond donors (Lipinski definition) is 2. The van der Waals surface area contributed by atoms with E-state index in [2.05, 4.69) is 9.72 Å². The van der Waals surface area contributed by atoms with Crippen molar-refractivity contribution in [2.75, 3.05) is 19.7 Å². The van der Waals surface area contributed by atoms with E-state index in [0.29, 0.717) is 5.56 Å². The van der Waals surface area contributed by atoms with Crippen LogP contribution in [-0.4, -0.2) is 57.8 Å². The van der Waals surface area contributed by atoms with Crippen LogP contribution in [0.5, 0.6) is 0 Å². The number of carbonyl (C=O) groups is 2. The Bertz CT molecular complexity index is 1050. The molecular formula is C25H30F2N2O5. The Balaban J connectivity index is 2.05. The van der Waals surface area contributed by atoms with Crippen molar-refractivity contribution in [1.82, 2.24) is 9.88 Å². The molecule has 1 aromatic carbocycles. The molecule has 7 nitrogen and oxygen atoms in total. The van der Waals surface area contributed by atoms with Crippen LogP contribution in [0.2, 0.25) is 0 Å². The Morgan fingerprint density at radius 3 is 2.32 bits per heavy atom. The molecule has 2 aromatic rings. The van der Waals surface area contributed by atoms with Gasteiger partial charge >= 0.3 is 18.0 Å². The number of hydrogen-bond acceptors (Lipinski definition) is 5. The number of aliphatic hydroxyl groups is 1. The minimum absolute atomic E-state index is 0.0470. The highest BCUT2D eigenvalue weighted by molar-refractivity contribution is 5.78. The molecule has 1 atom stereocenters. The molecule has 0 aliphatic carbocycles. The molecule has 1 amide bonds. The van der Waals surface area contributed by atoms with Crippen molar-refractivity contribution in [2.24, 2.45) is 5.41 Å². The summed E-state index contributed by atoms with van der Waals surface area (Å²) in [7, 11) is 0. The second-order valence-electron chi connectivity index (χ2n) is 9.37. The summed E-state index contributed by atoms with van der Waals surface area (Å²) in [5.74, 6) is -5.12. The maximum absolute atomic E-state index is 14.4. The van der Waals surface area contributed by atoms with Gasteiger partial charge in [0.1, 0.15) is 5.60 Å². The molecule has 2 N–H and O–H groups in total. The molecule has 0 bridgehead atoms. The summed E-state index contributed by atoms with van der Waals surface area (Å²) >= 11 is 0. The summed E-state index contributed by atoms with van der Waals surface area (Å²) in [5.41, 5.74) is -0.801. The van der Waals surface area contributed by atoms with E-state index in [1.807, 2.05) is 26.0 Å². The number of likely N-dealkylation sites (tertiary alicyclic amines) is 1. The van der Waals surface area contributed by atoms with Gasteiger partial charge in [0.25, 0.3) is 0 Å². The topological polar surface area (TPSA) is 100.0 Å². The molecule has 1 aromatic heterocycles. The number of halogens is 2. The smallest absolute Gasteiger partial charge is 0.407 e. The van der Waals surface area contributed by atoms with Gasteiger partial charge in [0.05, 0.1) is 6.61 Å². The molecule has 3 rings (SSSR count). The lowest BCUT2D eigenvalue weighted by Gasteiger charge is -2.55. The first kappa shape index (κ1) is 25.6. The molecule has 0 spiro atoms. The Labute approximate surface area is 197 Å². The van der Waals surface area contributed by atoms with E-state index in [1.54, 1.807) is 19.1 Å². The van der Waals surface area contributed by atoms with Crippen LogP contribution in [0.1, 0.15) is 55.9 Å². The Hall–Kier alpha value is -3.07. The summed E-state index contributed by atoms with van der Waals surface area (Å²) in [6.45, 7) is 7.20. The van der Waals surface area contributed by atoms with Gasteiger partial charge < -0.3 is 19.8 Å². The molecule has 9 heteroatoms. The lowest BCUT2D eigenvalue weighted by Crippen LogP contribution is -2.66. The summed E-state index contributed by atoms with van der Waals surface area (Å²) in [4.78, 5) is 28.3. The van der Waals surface area contributed by atoms with Crippen molar-refractivity contribution in [3.8, 4) is 0 Å². The summed E-state index contributed by atoms with van der Waals surface area (Å²) in [6.07, 6.45) is 0.561. The molecular weight excluding hydrogens is 446 g/mol. The van der Waals surface area contributed by atoms with Gasteiger partial charge in [0.15, 0.2) is 0 Å². The van der Waals surface area contributed by atoms with Gasteiger partial charge in [-0.05, 0) is 35.6 Å². The van der Waals surface area contributed by atoms with Crippen LogP contribution in [0.3, 0.4) is 0 Å². The molecule has 34 heavy (non-hydrogen) atoms. The molecule has 1 aliphatic heterocycles. The lowest BCUT2D eigenvalue weighted by atomic mass is 9.62. The third-order valence-corrected chi connectivity index (χ3v) is 6.43. The second-order valence-corrected chi connectivity index (χ2v) is 9.37. The third kappa shape index (κ3) is 4.61. The second kappa shape index (κ2) is 9.29. The molecule has 184 valence electrons. The Morgan fingerprint density at radius 2 is 1.79 bits per heavy atom. The average Bonchev–Trinajstić information content (AvgIpc) is 2.76. The van der Waals surface area contributed by atoms with Crippen LogP contribution in [0.25, 0.3) is 0 Å². The number of nitrogens with zero attached hydrogens (tertiary/aromatic N) is 2. The van der Waals surface area contributed by atoms with Crippen molar-refractivity contribution >= 4 is 12.1 Å². The number of amides is 1. The molecule has 1 saturated heterocycles. The Kier molecular flexibility index (Phi) is 6.98. The van der Waals surface area contributed by atoms with Gasteiger partial charge in [-0.3, -0.25) is 4.98 Å². The lowest BCUT2D eigenvalue weighted by molar-refractivity contribution is -0.171. The van der Waals surface area contributed by atoms with E-state index in [-0.39, 0.29) is 36.7 Å². The number of alkyl halides is 2. The maximum atomic E-state index is 14.4. The normalized spacial score (nSPS) is 17.1. The van der Waals surface area contributed by atoms with Crippen molar-refractivity contribution in [3.63, 3.8) is 0 Å². The van der Waals surface area contributed by atoms with Crippen LogP contribution in [0, 0.1) is 5.41 Å². The molecule has 1 aliphatic rings. The number of esters is 1. The number of rotatable bonds is 8. The zero-order chi connectivity index (χ0) is 25.3. The number of pyridine rings is 1. The van der Waals surface area contributed by atoms with Crippen LogP contribution in [-0.2, 0) is 21.6 Å².